The van der Waals surface area contributed by atoms with Gasteiger partial charge in [0.05, 0.1) is 22.0 Å². The third kappa shape index (κ3) is 3.90. The van der Waals surface area contributed by atoms with Crippen molar-refractivity contribution in [2.75, 3.05) is 19.6 Å². The molecule has 0 fully saturated rings. The van der Waals surface area contributed by atoms with Crippen molar-refractivity contribution in [1.29, 1.82) is 0 Å². The summed E-state index contributed by atoms with van der Waals surface area (Å²) in [6, 6.07) is 8.53. The number of nitrogens with zero attached hydrogens (tertiary/aromatic N) is 1. The zero-order valence-electron chi connectivity index (χ0n) is 14.7. The summed E-state index contributed by atoms with van der Waals surface area (Å²) in [6.45, 7) is 6.07. The predicted molar refractivity (Wildman–Crippen MR) is 104 cm³/mol. The highest BCUT2D eigenvalue weighted by atomic mass is 32.2. The Morgan fingerprint density at radius 1 is 1.15 bits per heavy atom. The van der Waals surface area contributed by atoms with Crippen LogP contribution in [0.15, 0.2) is 45.4 Å². The molecule has 2 heterocycles. The Labute approximate surface area is 156 Å². The van der Waals surface area contributed by atoms with Crippen molar-refractivity contribution in [3.8, 4) is 0 Å². The quantitative estimate of drug-likeness (QED) is 0.546. The number of H-pyrrole nitrogens is 2. The Kier molecular flexibility index (Phi) is 5.61. The number of sulfonamides is 1. The molecule has 0 saturated heterocycles. The molecule has 9 heteroatoms. The number of aromatic amines is 2. The molecular weight excluding hydrogens is 372 g/mol. The monoisotopic (exact) mass is 394 g/mol. The molecular formula is C17H22N4O3S2. The smallest absolute Gasteiger partial charge is 0.306 e. The number of imidazole rings is 1. The number of benzene rings is 1. The van der Waals surface area contributed by atoms with E-state index in [0.717, 1.165) is 18.0 Å². The molecule has 26 heavy (non-hydrogen) atoms. The number of nitrogens with one attached hydrogen (secondary N) is 3. The van der Waals surface area contributed by atoms with Gasteiger partial charge in [-0.2, -0.15) is 0 Å². The van der Waals surface area contributed by atoms with E-state index in [0.29, 0.717) is 11.0 Å². The molecule has 140 valence electrons. The number of hydrogen-bond donors (Lipinski definition) is 3. The average Bonchev–Trinajstić information content (AvgIpc) is 3.26. The first-order chi connectivity index (χ1) is 12.4. The van der Waals surface area contributed by atoms with Crippen LogP contribution in [0.25, 0.3) is 11.0 Å². The van der Waals surface area contributed by atoms with Gasteiger partial charge in [0, 0.05) is 11.4 Å². The number of hydrogen-bond acceptors (Lipinski definition) is 5. The Bertz CT molecular complexity index is 1020. The van der Waals surface area contributed by atoms with E-state index in [2.05, 4.69) is 33.4 Å². The SMILES string of the molecule is CCN(CC)C(CNS(=O)(=O)c1ccc2[nH]c(=O)[nH]c2c1)c1cccs1. The molecule has 1 unspecified atom stereocenters. The number of fused-ring (bicyclic) bond motifs is 1. The standard InChI is InChI=1S/C17H22N4O3S2/c1-3-21(4-2)15(16-6-5-9-25-16)11-18-26(23,24)12-7-8-13-14(10-12)20-17(22)19-13/h5-10,15,18H,3-4,11H2,1-2H3,(H2,19,20,22). The lowest BCUT2D eigenvalue weighted by molar-refractivity contribution is 0.223. The molecule has 0 radical (unpaired) electrons. The van der Waals surface area contributed by atoms with Crippen molar-refractivity contribution in [1.82, 2.24) is 19.6 Å². The van der Waals surface area contributed by atoms with Crippen LogP contribution in [0.1, 0.15) is 24.8 Å². The zero-order chi connectivity index (χ0) is 18.7. The number of aromatic nitrogens is 2. The van der Waals surface area contributed by atoms with Crippen LogP contribution in [-0.4, -0.2) is 42.9 Å². The summed E-state index contributed by atoms with van der Waals surface area (Å²) in [7, 11) is -3.69. The summed E-state index contributed by atoms with van der Waals surface area (Å²) < 4.78 is 28.2. The van der Waals surface area contributed by atoms with Gasteiger partial charge in [-0.25, -0.2) is 17.9 Å². The van der Waals surface area contributed by atoms with Crippen molar-refractivity contribution >= 4 is 32.4 Å². The molecule has 2 aromatic heterocycles. The zero-order valence-corrected chi connectivity index (χ0v) is 16.3. The normalized spacial score (nSPS) is 13.5. The highest BCUT2D eigenvalue weighted by Crippen LogP contribution is 2.25. The molecule has 0 aliphatic carbocycles. The third-order valence-electron chi connectivity index (χ3n) is 4.39. The van der Waals surface area contributed by atoms with Crippen LogP contribution in [-0.2, 0) is 10.0 Å². The first-order valence-corrected chi connectivity index (χ1v) is 10.8. The van der Waals surface area contributed by atoms with Gasteiger partial charge in [0.2, 0.25) is 10.0 Å². The molecule has 7 nitrogen and oxygen atoms in total. The third-order valence-corrected chi connectivity index (χ3v) is 6.78. The molecule has 0 amide bonds. The fourth-order valence-electron chi connectivity index (χ4n) is 3.01. The van der Waals surface area contributed by atoms with Crippen molar-refractivity contribution in [2.45, 2.75) is 24.8 Å². The Balaban J connectivity index is 1.83. The van der Waals surface area contributed by atoms with Gasteiger partial charge < -0.3 is 9.97 Å². The number of likely N-dealkylation sites (N-methyl/N-ethyl adjacent to an activating group) is 1. The Hall–Kier alpha value is -1.94. The minimum atomic E-state index is -3.69. The van der Waals surface area contributed by atoms with Gasteiger partial charge in [-0.05, 0) is 42.7 Å². The lowest BCUT2D eigenvalue weighted by atomic mass is 10.2. The number of thiophene rings is 1. The summed E-state index contributed by atoms with van der Waals surface area (Å²) in [5.41, 5.74) is 0.687. The molecule has 3 N–H and O–H groups in total. The fraction of sp³-hybridized carbons (Fsp3) is 0.353. The van der Waals surface area contributed by atoms with Crippen LogP contribution < -0.4 is 10.4 Å². The maximum absolute atomic E-state index is 12.7. The van der Waals surface area contributed by atoms with Gasteiger partial charge >= 0.3 is 5.69 Å². The number of rotatable bonds is 8. The maximum Gasteiger partial charge on any atom is 0.323 e. The van der Waals surface area contributed by atoms with E-state index < -0.39 is 10.0 Å². The van der Waals surface area contributed by atoms with Crippen LogP contribution in [0.5, 0.6) is 0 Å². The van der Waals surface area contributed by atoms with E-state index in [4.69, 9.17) is 0 Å². The van der Waals surface area contributed by atoms with E-state index in [1.54, 1.807) is 17.4 Å². The largest absolute Gasteiger partial charge is 0.323 e. The maximum atomic E-state index is 12.7. The molecule has 0 bridgehead atoms. The first kappa shape index (κ1) is 18.8. The van der Waals surface area contributed by atoms with Crippen molar-refractivity contribution in [3.05, 3.63) is 51.1 Å². The van der Waals surface area contributed by atoms with Crippen molar-refractivity contribution in [3.63, 3.8) is 0 Å². The molecule has 1 atom stereocenters. The van der Waals surface area contributed by atoms with Gasteiger partial charge in [-0.1, -0.05) is 19.9 Å². The minimum Gasteiger partial charge on any atom is -0.306 e. The van der Waals surface area contributed by atoms with Crippen molar-refractivity contribution < 1.29 is 8.42 Å². The second-order valence-electron chi connectivity index (χ2n) is 5.89. The average molecular weight is 395 g/mol. The van der Waals surface area contributed by atoms with Crippen LogP contribution in [0.2, 0.25) is 0 Å². The van der Waals surface area contributed by atoms with Crippen LogP contribution in [0.4, 0.5) is 0 Å². The van der Waals surface area contributed by atoms with Crippen LogP contribution in [0.3, 0.4) is 0 Å². The van der Waals surface area contributed by atoms with Gasteiger partial charge in [0.25, 0.3) is 0 Å². The lowest BCUT2D eigenvalue weighted by Gasteiger charge is -2.29. The Morgan fingerprint density at radius 2 is 1.88 bits per heavy atom. The van der Waals surface area contributed by atoms with E-state index in [-0.39, 0.29) is 23.2 Å². The van der Waals surface area contributed by atoms with Gasteiger partial charge in [0.1, 0.15) is 0 Å². The van der Waals surface area contributed by atoms with Crippen LogP contribution >= 0.6 is 11.3 Å². The summed E-state index contributed by atoms with van der Waals surface area (Å²) in [5, 5.41) is 2.00. The minimum absolute atomic E-state index is 0.0180. The second-order valence-corrected chi connectivity index (χ2v) is 8.64. The highest BCUT2D eigenvalue weighted by molar-refractivity contribution is 7.89. The summed E-state index contributed by atoms with van der Waals surface area (Å²) >= 11 is 1.62. The first-order valence-electron chi connectivity index (χ1n) is 8.43. The van der Waals surface area contributed by atoms with Gasteiger partial charge in [-0.3, -0.25) is 4.90 Å². The molecule has 0 aliphatic rings. The van der Waals surface area contributed by atoms with E-state index >= 15 is 0 Å². The van der Waals surface area contributed by atoms with Crippen molar-refractivity contribution in [2.24, 2.45) is 0 Å². The fourth-order valence-corrected chi connectivity index (χ4v) is 4.93. The topological polar surface area (TPSA) is 98.1 Å². The summed E-state index contributed by atoms with van der Waals surface area (Å²) in [5.74, 6) is 0. The summed E-state index contributed by atoms with van der Waals surface area (Å²) in [4.78, 5) is 20.0. The highest BCUT2D eigenvalue weighted by Gasteiger charge is 2.23. The molecule has 0 saturated carbocycles. The summed E-state index contributed by atoms with van der Waals surface area (Å²) in [6.07, 6.45) is 0. The Morgan fingerprint density at radius 3 is 2.54 bits per heavy atom. The second kappa shape index (κ2) is 7.75. The molecule has 1 aromatic carbocycles. The van der Waals surface area contributed by atoms with Crippen LogP contribution in [0, 0.1) is 0 Å². The molecule has 0 aliphatic heterocycles. The molecule has 3 aromatic rings. The van der Waals surface area contributed by atoms with E-state index in [1.165, 1.54) is 12.1 Å². The predicted octanol–water partition coefficient (Wildman–Crippen LogP) is 2.28. The molecule has 0 spiro atoms. The van der Waals surface area contributed by atoms with E-state index in [1.807, 2.05) is 17.5 Å². The van der Waals surface area contributed by atoms with Gasteiger partial charge in [0.15, 0.2) is 0 Å². The molecule has 3 rings (SSSR count). The van der Waals surface area contributed by atoms with E-state index in [9.17, 15) is 13.2 Å². The van der Waals surface area contributed by atoms with Gasteiger partial charge in [-0.15, -0.1) is 11.3 Å². The lowest BCUT2D eigenvalue weighted by Crippen LogP contribution is -2.37.